The van der Waals surface area contributed by atoms with Crippen molar-refractivity contribution >= 4 is 22.6 Å². The molecule has 0 heterocycles. The molecule has 0 bridgehead atoms. The summed E-state index contributed by atoms with van der Waals surface area (Å²) in [6.45, 7) is 2.08. The lowest BCUT2D eigenvalue weighted by atomic mass is 10.2. The second-order valence-corrected chi connectivity index (χ2v) is 4.04. The van der Waals surface area contributed by atoms with Gasteiger partial charge in [-0.15, -0.1) is 0 Å². The Morgan fingerprint density at radius 1 is 1.30 bits per heavy atom. The highest BCUT2D eigenvalue weighted by atomic mass is 127. The van der Waals surface area contributed by atoms with Gasteiger partial charge in [0.05, 0.1) is 0 Å². The molecule has 1 atom stereocenters. The third-order valence-corrected chi connectivity index (χ3v) is 2.05. The Balaban J connectivity index is 2.89. The van der Waals surface area contributed by atoms with Gasteiger partial charge in [-0.1, -0.05) is 34.7 Å². The van der Waals surface area contributed by atoms with Crippen LogP contribution < -0.4 is 0 Å². The summed E-state index contributed by atoms with van der Waals surface area (Å²) in [5.74, 6) is -0.166. The maximum Gasteiger partial charge on any atom is 0.123 e. The zero-order valence-electron chi connectivity index (χ0n) is 5.64. The normalized spacial score (nSPS) is 13.1. The fraction of sp³-hybridized carbons (Fsp3) is 0.250. The van der Waals surface area contributed by atoms with Crippen molar-refractivity contribution in [2.75, 3.05) is 0 Å². The van der Waals surface area contributed by atoms with Crippen LogP contribution in [-0.2, 0) is 0 Å². The Morgan fingerprint density at radius 3 is 2.20 bits per heavy atom. The predicted molar refractivity (Wildman–Crippen MR) is 48.8 cm³/mol. The largest absolute Gasteiger partial charge is 0.207 e. The van der Waals surface area contributed by atoms with Gasteiger partial charge in [0.2, 0.25) is 0 Å². The Hall–Kier alpha value is -0.120. The first-order valence-corrected chi connectivity index (χ1v) is 4.34. The van der Waals surface area contributed by atoms with Gasteiger partial charge in [0.1, 0.15) is 5.82 Å². The Bertz CT molecular complexity index is 203. The third-order valence-electron chi connectivity index (χ3n) is 1.33. The van der Waals surface area contributed by atoms with Gasteiger partial charge < -0.3 is 0 Å². The Morgan fingerprint density at radius 2 is 1.80 bits per heavy atom. The van der Waals surface area contributed by atoms with Crippen molar-refractivity contribution in [1.82, 2.24) is 0 Å². The molecule has 0 nitrogen and oxygen atoms in total. The standard InChI is InChI=1S/C8H8FI/c1-6(10)7-2-4-8(9)5-3-7/h2-6H,1H3/t6-/m0/s1. The topological polar surface area (TPSA) is 0 Å². The van der Waals surface area contributed by atoms with Gasteiger partial charge in [0, 0.05) is 3.92 Å². The number of halogens is 2. The van der Waals surface area contributed by atoms with Crippen LogP contribution in [0, 0.1) is 5.82 Å². The summed E-state index contributed by atoms with van der Waals surface area (Å²) in [6, 6.07) is 6.61. The van der Waals surface area contributed by atoms with Crippen molar-refractivity contribution in [3.8, 4) is 0 Å². The quantitative estimate of drug-likeness (QED) is 0.529. The van der Waals surface area contributed by atoms with Crippen LogP contribution in [0.3, 0.4) is 0 Å². The van der Waals surface area contributed by atoms with E-state index < -0.39 is 0 Å². The highest BCUT2D eigenvalue weighted by Gasteiger charge is 1.98. The van der Waals surface area contributed by atoms with Crippen molar-refractivity contribution in [2.24, 2.45) is 0 Å². The van der Waals surface area contributed by atoms with Gasteiger partial charge >= 0.3 is 0 Å². The van der Waals surface area contributed by atoms with Gasteiger partial charge in [-0.2, -0.15) is 0 Å². The molecule has 0 aliphatic heterocycles. The predicted octanol–water partition coefficient (Wildman–Crippen LogP) is 3.32. The van der Waals surface area contributed by atoms with E-state index in [1.165, 1.54) is 17.7 Å². The highest BCUT2D eigenvalue weighted by Crippen LogP contribution is 2.21. The summed E-state index contributed by atoms with van der Waals surface area (Å²) in [4.78, 5) is 0. The minimum absolute atomic E-state index is 0.166. The molecule has 1 aromatic carbocycles. The van der Waals surface area contributed by atoms with E-state index in [-0.39, 0.29) is 5.82 Å². The van der Waals surface area contributed by atoms with Crippen LogP contribution in [0.5, 0.6) is 0 Å². The molecular weight excluding hydrogens is 242 g/mol. The maximum absolute atomic E-state index is 12.3. The van der Waals surface area contributed by atoms with E-state index >= 15 is 0 Å². The molecule has 0 fully saturated rings. The van der Waals surface area contributed by atoms with Crippen LogP contribution in [0.4, 0.5) is 4.39 Å². The van der Waals surface area contributed by atoms with Crippen molar-refractivity contribution in [1.29, 1.82) is 0 Å². The van der Waals surface area contributed by atoms with Crippen molar-refractivity contribution in [3.63, 3.8) is 0 Å². The molecule has 0 saturated carbocycles. The molecular formula is C8H8FI. The number of benzene rings is 1. The molecule has 0 saturated heterocycles. The monoisotopic (exact) mass is 250 g/mol. The van der Waals surface area contributed by atoms with E-state index in [2.05, 4.69) is 29.5 Å². The van der Waals surface area contributed by atoms with Crippen LogP contribution in [0.2, 0.25) is 0 Å². The minimum Gasteiger partial charge on any atom is -0.207 e. The van der Waals surface area contributed by atoms with Gasteiger partial charge in [0.15, 0.2) is 0 Å². The lowest BCUT2D eigenvalue weighted by molar-refractivity contribution is 0.627. The lowest BCUT2D eigenvalue weighted by Gasteiger charge is -2.00. The molecule has 10 heavy (non-hydrogen) atoms. The zero-order valence-corrected chi connectivity index (χ0v) is 7.80. The minimum atomic E-state index is -0.166. The van der Waals surface area contributed by atoms with Crippen LogP contribution in [0.25, 0.3) is 0 Å². The van der Waals surface area contributed by atoms with Gasteiger partial charge in [-0.25, -0.2) is 4.39 Å². The van der Waals surface area contributed by atoms with Gasteiger partial charge in [0.25, 0.3) is 0 Å². The first kappa shape index (κ1) is 7.98. The second-order valence-electron chi connectivity index (χ2n) is 2.17. The van der Waals surface area contributed by atoms with E-state index in [1.807, 2.05) is 12.1 Å². The number of rotatable bonds is 1. The number of alkyl halides is 1. The van der Waals surface area contributed by atoms with Crippen LogP contribution in [0.1, 0.15) is 16.4 Å². The highest BCUT2D eigenvalue weighted by molar-refractivity contribution is 14.1. The first-order valence-electron chi connectivity index (χ1n) is 3.09. The summed E-state index contributed by atoms with van der Waals surface area (Å²) in [6.07, 6.45) is 0. The molecule has 0 radical (unpaired) electrons. The molecule has 0 amide bonds. The zero-order chi connectivity index (χ0) is 7.56. The van der Waals surface area contributed by atoms with E-state index in [1.54, 1.807) is 0 Å². The Kier molecular flexibility index (Phi) is 2.65. The van der Waals surface area contributed by atoms with Crippen LogP contribution in [0.15, 0.2) is 24.3 Å². The van der Waals surface area contributed by atoms with Crippen molar-refractivity contribution in [3.05, 3.63) is 35.6 Å². The molecule has 54 valence electrons. The summed E-state index contributed by atoms with van der Waals surface area (Å²) in [5.41, 5.74) is 1.17. The lowest BCUT2D eigenvalue weighted by Crippen LogP contribution is -1.82. The fourth-order valence-electron chi connectivity index (χ4n) is 0.728. The molecule has 0 aliphatic rings. The van der Waals surface area contributed by atoms with E-state index in [4.69, 9.17) is 0 Å². The summed E-state index contributed by atoms with van der Waals surface area (Å²) >= 11 is 2.30. The molecule has 1 rings (SSSR count). The maximum atomic E-state index is 12.3. The summed E-state index contributed by atoms with van der Waals surface area (Å²) in [5, 5.41) is 0. The summed E-state index contributed by atoms with van der Waals surface area (Å²) < 4.78 is 12.8. The SMILES string of the molecule is C[C@H](I)c1ccc(F)cc1. The summed E-state index contributed by atoms with van der Waals surface area (Å²) in [7, 11) is 0. The Labute approximate surface area is 73.6 Å². The third kappa shape index (κ3) is 1.94. The van der Waals surface area contributed by atoms with Crippen LogP contribution >= 0.6 is 22.6 Å². The van der Waals surface area contributed by atoms with Crippen molar-refractivity contribution in [2.45, 2.75) is 10.8 Å². The first-order chi connectivity index (χ1) is 4.70. The fourth-order valence-corrected chi connectivity index (χ4v) is 1.14. The smallest absolute Gasteiger partial charge is 0.123 e. The van der Waals surface area contributed by atoms with E-state index in [0.29, 0.717) is 3.92 Å². The van der Waals surface area contributed by atoms with Gasteiger partial charge in [-0.05, 0) is 24.6 Å². The number of hydrogen-bond acceptors (Lipinski definition) is 0. The average Bonchev–Trinajstić information content (AvgIpc) is 1.88. The van der Waals surface area contributed by atoms with Crippen LogP contribution in [-0.4, -0.2) is 0 Å². The van der Waals surface area contributed by atoms with E-state index in [0.717, 1.165) is 0 Å². The molecule has 0 aromatic heterocycles. The average molecular weight is 250 g/mol. The molecule has 0 N–H and O–H groups in total. The van der Waals surface area contributed by atoms with Crippen molar-refractivity contribution < 1.29 is 4.39 Å². The second kappa shape index (κ2) is 3.32. The van der Waals surface area contributed by atoms with E-state index in [9.17, 15) is 4.39 Å². The molecule has 2 heteroatoms. The molecule has 0 spiro atoms. The molecule has 1 aromatic rings. The molecule has 0 aliphatic carbocycles. The van der Waals surface area contributed by atoms with Gasteiger partial charge in [-0.3, -0.25) is 0 Å². The molecule has 0 unspecified atom stereocenters. The number of hydrogen-bond donors (Lipinski definition) is 0.